The van der Waals surface area contributed by atoms with E-state index in [1.54, 1.807) is 27.7 Å². The number of nitrogens with one attached hydrogen (secondary N) is 3. The van der Waals surface area contributed by atoms with Crippen LogP contribution in [-0.4, -0.2) is 69.9 Å². The lowest BCUT2D eigenvalue weighted by molar-refractivity contribution is -0.144. The summed E-state index contributed by atoms with van der Waals surface area (Å²) in [5.41, 5.74) is 10.8. The second-order valence-corrected chi connectivity index (χ2v) is 8.35. The van der Waals surface area contributed by atoms with Crippen LogP contribution in [0.5, 0.6) is 0 Å². The van der Waals surface area contributed by atoms with E-state index < -0.39 is 72.1 Å². The Morgan fingerprint density at radius 3 is 1.62 bits per heavy atom. The summed E-state index contributed by atoms with van der Waals surface area (Å²) >= 11 is 0. The monoisotopic (exact) mass is 487 g/mol. The quantitative estimate of drug-likeness (QED) is 0.137. The molecule has 6 unspecified atom stereocenters. The van der Waals surface area contributed by atoms with Crippen molar-refractivity contribution in [3.8, 4) is 0 Å². The molecular weight excluding hydrogens is 450 g/mol. The smallest absolute Gasteiger partial charge is 0.326 e. The number of hydrogen-bond acceptors (Lipinski definition) is 7. The Morgan fingerprint density at radius 2 is 1.24 bits per heavy atom. The van der Waals surface area contributed by atoms with E-state index in [9.17, 15) is 33.9 Å². The van der Waals surface area contributed by atoms with Crippen LogP contribution in [0, 0.1) is 11.8 Å². The van der Waals surface area contributed by atoms with Crippen molar-refractivity contribution in [2.45, 2.75) is 84.0 Å². The summed E-state index contributed by atoms with van der Waals surface area (Å²) in [4.78, 5) is 71.5. The maximum atomic E-state index is 13.1. The van der Waals surface area contributed by atoms with Gasteiger partial charge in [0.05, 0.1) is 12.5 Å². The van der Waals surface area contributed by atoms with Crippen LogP contribution < -0.4 is 27.4 Å². The molecule has 0 aromatic carbocycles. The molecule has 6 atom stereocenters. The van der Waals surface area contributed by atoms with Crippen molar-refractivity contribution in [1.29, 1.82) is 0 Å². The lowest BCUT2D eigenvalue weighted by Gasteiger charge is -2.30. The zero-order valence-electron chi connectivity index (χ0n) is 20.0. The third-order valence-corrected chi connectivity index (χ3v) is 5.61. The highest BCUT2D eigenvalue weighted by molar-refractivity contribution is 5.95. The second kappa shape index (κ2) is 14.8. The molecule has 0 aliphatic heterocycles. The standard InChI is InChI=1S/C21H37N5O8/c1-5-10(3)16(19(31)24-13(21(33)34)9-14(23)27)26-20(32)17(11(4)6-2)25-18(30)12(22)7-8-15(28)29/h10-13,16-17H,5-9,22H2,1-4H3,(H2,23,27)(H,24,31)(H,25,30)(H,26,32)(H,28,29)(H,33,34). The van der Waals surface area contributed by atoms with E-state index in [1.807, 2.05) is 0 Å². The number of carbonyl (C=O) groups excluding carboxylic acids is 4. The predicted molar refractivity (Wildman–Crippen MR) is 121 cm³/mol. The Morgan fingerprint density at radius 1 is 0.794 bits per heavy atom. The molecule has 0 aromatic rings. The third-order valence-electron chi connectivity index (χ3n) is 5.61. The van der Waals surface area contributed by atoms with Crippen LogP contribution in [0.2, 0.25) is 0 Å². The first-order valence-corrected chi connectivity index (χ1v) is 11.1. The lowest BCUT2D eigenvalue weighted by Crippen LogP contribution is -2.60. The minimum atomic E-state index is -1.56. The number of nitrogens with two attached hydrogens (primary N) is 2. The summed E-state index contributed by atoms with van der Waals surface area (Å²) in [7, 11) is 0. The number of carboxylic acids is 2. The van der Waals surface area contributed by atoms with Crippen LogP contribution >= 0.6 is 0 Å². The van der Waals surface area contributed by atoms with Gasteiger partial charge in [0, 0.05) is 6.42 Å². The Bertz CT molecular complexity index is 759. The van der Waals surface area contributed by atoms with Crippen LogP contribution in [0.1, 0.15) is 59.8 Å². The molecule has 0 saturated heterocycles. The zero-order chi connectivity index (χ0) is 26.6. The molecule has 0 spiro atoms. The highest BCUT2D eigenvalue weighted by atomic mass is 16.4. The molecule has 9 N–H and O–H groups in total. The molecule has 13 nitrogen and oxygen atoms in total. The molecule has 0 aliphatic rings. The topological polar surface area (TPSA) is 231 Å². The fourth-order valence-corrected chi connectivity index (χ4v) is 2.98. The largest absolute Gasteiger partial charge is 0.481 e. The number of aliphatic carboxylic acids is 2. The van der Waals surface area contributed by atoms with E-state index in [-0.39, 0.29) is 18.8 Å². The number of carbonyl (C=O) groups is 6. The van der Waals surface area contributed by atoms with Crippen LogP contribution in [0.15, 0.2) is 0 Å². The molecule has 194 valence electrons. The van der Waals surface area contributed by atoms with E-state index >= 15 is 0 Å². The number of amides is 4. The van der Waals surface area contributed by atoms with Gasteiger partial charge in [-0.1, -0.05) is 40.5 Å². The van der Waals surface area contributed by atoms with Crippen molar-refractivity contribution >= 4 is 35.6 Å². The maximum Gasteiger partial charge on any atom is 0.326 e. The number of carboxylic acid groups (broad SMARTS) is 2. The summed E-state index contributed by atoms with van der Waals surface area (Å²) in [6.45, 7) is 6.94. The van der Waals surface area contributed by atoms with Crippen molar-refractivity contribution in [3.63, 3.8) is 0 Å². The molecule has 0 rings (SSSR count). The minimum Gasteiger partial charge on any atom is -0.481 e. The van der Waals surface area contributed by atoms with Gasteiger partial charge in [0.2, 0.25) is 23.6 Å². The second-order valence-electron chi connectivity index (χ2n) is 8.35. The number of primary amides is 1. The van der Waals surface area contributed by atoms with E-state index in [4.69, 9.17) is 16.6 Å². The van der Waals surface area contributed by atoms with Gasteiger partial charge in [-0.05, 0) is 18.3 Å². The molecule has 34 heavy (non-hydrogen) atoms. The summed E-state index contributed by atoms with van der Waals surface area (Å²) < 4.78 is 0. The van der Waals surface area contributed by atoms with Gasteiger partial charge in [-0.15, -0.1) is 0 Å². The van der Waals surface area contributed by atoms with Crippen molar-refractivity contribution in [1.82, 2.24) is 16.0 Å². The SMILES string of the molecule is CCC(C)C(NC(=O)C(N)CCC(=O)O)C(=O)NC(C(=O)NC(CC(N)=O)C(=O)O)C(C)CC. The Balaban J connectivity index is 5.60. The molecule has 0 saturated carbocycles. The molecular formula is C21H37N5O8. The number of hydrogen-bond donors (Lipinski definition) is 7. The summed E-state index contributed by atoms with van der Waals surface area (Å²) in [6.07, 6.45) is -0.123. The van der Waals surface area contributed by atoms with Crippen molar-refractivity contribution in [2.24, 2.45) is 23.3 Å². The summed E-state index contributed by atoms with van der Waals surface area (Å²) in [6, 6.07) is -4.94. The van der Waals surface area contributed by atoms with Crippen molar-refractivity contribution in [3.05, 3.63) is 0 Å². The van der Waals surface area contributed by atoms with Gasteiger partial charge in [-0.25, -0.2) is 4.79 Å². The Hall–Kier alpha value is -3.22. The van der Waals surface area contributed by atoms with Crippen molar-refractivity contribution in [2.75, 3.05) is 0 Å². The van der Waals surface area contributed by atoms with Gasteiger partial charge in [0.1, 0.15) is 18.1 Å². The molecule has 0 aromatic heterocycles. The van der Waals surface area contributed by atoms with Gasteiger partial charge in [0.15, 0.2) is 0 Å². The molecule has 0 fully saturated rings. The first-order chi connectivity index (χ1) is 15.7. The molecule has 4 amide bonds. The first kappa shape index (κ1) is 30.8. The predicted octanol–water partition coefficient (Wildman–Crippen LogP) is -1.31. The highest BCUT2D eigenvalue weighted by Gasteiger charge is 2.34. The third kappa shape index (κ3) is 10.6. The van der Waals surface area contributed by atoms with E-state index in [1.165, 1.54) is 0 Å². The average Bonchev–Trinajstić information content (AvgIpc) is 2.76. The van der Waals surface area contributed by atoms with E-state index in [0.29, 0.717) is 12.8 Å². The van der Waals surface area contributed by atoms with Crippen molar-refractivity contribution < 1.29 is 39.0 Å². The lowest BCUT2D eigenvalue weighted by atomic mass is 9.94. The zero-order valence-corrected chi connectivity index (χ0v) is 20.0. The van der Waals surface area contributed by atoms with Crippen LogP contribution in [0.4, 0.5) is 0 Å². The molecule has 0 radical (unpaired) electrons. The van der Waals surface area contributed by atoms with Crippen LogP contribution in [0.3, 0.4) is 0 Å². The minimum absolute atomic E-state index is 0.121. The average molecular weight is 488 g/mol. The Kier molecular flexibility index (Phi) is 13.4. The maximum absolute atomic E-state index is 13.1. The van der Waals surface area contributed by atoms with Gasteiger partial charge in [-0.2, -0.15) is 0 Å². The molecule has 13 heteroatoms. The van der Waals surface area contributed by atoms with Crippen LogP contribution in [-0.2, 0) is 28.8 Å². The van der Waals surface area contributed by atoms with E-state index in [2.05, 4.69) is 16.0 Å². The van der Waals surface area contributed by atoms with Gasteiger partial charge in [-0.3, -0.25) is 24.0 Å². The van der Waals surface area contributed by atoms with Crippen LogP contribution in [0.25, 0.3) is 0 Å². The molecule has 0 bridgehead atoms. The van der Waals surface area contributed by atoms with E-state index in [0.717, 1.165) is 0 Å². The normalized spacial score (nSPS) is 16.1. The van der Waals surface area contributed by atoms with Gasteiger partial charge in [0.25, 0.3) is 0 Å². The number of rotatable bonds is 16. The summed E-state index contributed by atoms with van der Waals surface area (Å²) in [5, 5.41) is 25.3. The first-order valence-electron chi connectivity index (χ1n) is 11.1. The summed E-state index contributed by atoms with van der Waals surface area (Å²) in [5.74, 6) is -6.48. The highest BCUT2D eigenvalue weighted by Crippen LogP contribution is 2.13. The fourth-order valence-electron chi connectivity index (χ4n) is 2.98. The Labute approximate surface area is 198 Å². The molecule has 0 aliphatic carbocycles. The fraction of sp³-hybridized carbons (Fsp3) is 0.714. The van der Waals surface area contributed by atoms with Gasteiger partial charge >= 0.3 is 11.9 Å². The van der Waals surface area contributed by atoms with Gasteiger partial charge < -0.3 is 37.6 Å². The molecule has 0 heterocycles.